The Bertz CT molecular complexity index is 1050. The Hall–Kier alpha value is -2.90. The van der Waals surface area contributed by atoms with Crippen LogP contribution in [0.15, 0.2) is 42.5 Å². The van der Waals surface area contributed by atoms with E-state index in [9.17, 15) is 14.7 Å². The predicted molar refractivity (Wildman–Crippen MR) is 136 cm³/mol. The average Bonchev–Trinajstić information content (AvgIpc) is 2.89. The molecule has 7 nitrogen and oxygen atoms in total. The molecule has 0 radical (unpaired) electrons. The Labute approximate surface area is 207 Å². The summed E-state index contributed by atoms with van der Waals surface area (Å²) in [4.78, 5) is 30.0. The van der Waals surface area contributed by atoms with E-state index in [2.05, 4.69) is 40.5 Å². The summed E-state index contributed by atoms with van der Waals surface area (Å²) in [6, 6.07) is 14.5. The van der Waals surface area contributed by atoms with Crippen molar-refractivity contribution in [2.75, 3.05) is 51.1 Å². The van der Waals surface area contributed by atoms with Crippen LogP contribution in [0.2, 0.25) is 0 Å². The summed E-state index contributed by atoms with van der Waals surface area (Å²) in [6.45, 7) is 5.95. The van der Waals surface area contributed by atoms with Crippen molar-refractivity contribution < 1.29 is 14.7 Å². The number of carbonyl (C=O) groups excluding carboxylic acids is 2. The molecule has 186 valence electrons. The second-order valence-electron chi connectivity index (χ2n) is 10.2. The van der Waals surface area contributed by atoms with E-state index < -0.39 is 6.10 Å². The van der Waals surface area contributed by atoms with Gasteiger partial charge in [0.2, 0.25) is 6.41 Å². The predicted octanol–water partition coefficient (Wildman–Crippen LogP) is 2.38. The van der Waals surface area contributed by atoms with Gasteiger partial charge < -0.3 is 20.2 Å². The third-order valence-electron chi connectivity index (χ3n) is 7.78. The lowest BCUT2D eigenvalue weighted by molar-refractivity contribution is -0.119. The van der Waals surface area contributed by atoms with Crippen molar-refractivity contribution in [1.82, 2.24) is 14.7 Å². The molecule has 0 aliphatic carbocycles. The first-order chi connectivity index (χ1) is 17.1. The fourth-order valence-electron chi connectivity index (χ4n) is 5.67. The number of amides is 2. The fraction of sp³-hybridized carbons (Fsp3) is 0.500. The van der Waals surface area contributed by atoms with E-state index in [1.165, 1.54) is 11.1 Å². The molecule has 0 saturated carbocycles. The van der Waals surface area contributed by atoms with E-state index in [1.54, 1.807) is 4.90 Å². The summed E-state index contributed by atoms with van der Waals surface area (Å²) in [5.74, 6) is 0.580. The Morgan fingerprint density at radius 1 is 0.971 bits per heavy atom. The van der Waals surface area contributed by atoms with E-state index in [1.807, 2.05) is 17.0 Å². The molecule has 0 spiro atoms. The summed E-state index contributed by atoms with van der Waals surface area (Å²) in [6.07, 6.45) is 4.24. The van der Waals surface area contributed by atoms with Crippen LogP contribution in [0.1, 0.15) is 39.9 Å². The number of rotatable bonds is 8. The Balaban J connectivity index is 1.12. The maximum atomic E-state index is 13.1. The first-order valence-corrected chi connectivity index (χ1v) is 12.9. The second kappa shape index (κ2) is 10.8. The molecular weight excluding hydrogens is 440 g/mol. The van der Waals surface area contributed by atoms with Gasteiger partial charge in [-0.1, -0.05) is 24.3 Å². The molecule has 1 atom stereocenters. The quantitative estimate of drug-likeness (QED) is 0.573. The van der Waals surface area contributed by atoms with Gasteiger partial charge in [0.15, 0.2) is 0 Å². The highest BCUT2D eigenvalue weighted by Gasteiger charge is 2.27. The maximum Gasteiger partial charge on any atom is 0.254 e. The second-order valence-corrected chi connectivity index (χ2v) is 10.2. The molecule has 0 aromatic heterocycles. The highest BCUT2D eigenvalue weighted by Crippen LogP contribution is 2.25. The summed E-state index contributed by atoms with van der Waals surface area (Å²) < 4.78 is 0. The minimum absolute atomic E-state index is 0.0158. The lowest BCUT2D eigenvalue weighted by Crippen LogP contribution is -2.46. The number of carbonyl (C=O) groups is 2. The number of piperidine rings is 1. The van der Waals surface area contributed by atoms with Crippen molar-refractivity contribution >= 4 is 18.0 Å². The molecule has 2 aromatic carbocycles. The number of hydrogen-bond donors (Lipinski definition) is 2. The zero-order valence-corrected chi connectivity index (χ0v) is 20.4. The Morgan fingerprint density at radius 3 is 2.54 bits per heavy atom. The lowest BCUT2D eigenvalue weighted by atomic mass is 9.96. The highest BCUT2D eigenvalue weighted by atomic mass is 16.3. The lowest BCUT2D eigenvalue weighted by Gasteiger charge is -2.34. The number of likely N-dealkylation sites (tertiary alicyclic amines) is 1. The van der Waals surface area contributed by atoms with Crippen LogP contribution in [0, 0.1) is 5.92 Å². The van der Waals surface area contributed by atoms with Gasteiger partial charge in [0, 0.05) is 63.6 Å². The molecule has 1 unspecified atom stereocenters. The molecule has 2 N–H and O–H groups in total. The summed E-state index contributed by atoms with van der Waals surface area (Å²) in [5.41, 5.74) is 5.62. The summed E-state index contributed by atoms with van der Waals surface area (Å²) >= 11 is 0. The number of fused-ring (bicyclic) bond motifs is 2. The molecule has 0 bridgehead atoms. The van der Waals surface area contributed by atoms with Crippen molar-refractivity contribution in [2.45, 2.75) is 38.3 Å². The van der Waals surface area contributed by atoms with Crippen molar-refractivity contribution in [3.05, 3.63) is 64.7 Å². The van der Waals surface area contributed by atoms with Crippen LogP contribution in [-0.2, 0) is 24.2 Å². The van der Waals surface area contributed by atoms with Crippen LogP contribution in [0.5, 0.6) is 0 Å². The smallest absolute Gasteiger partial charge is 0.254 e. The number of aliphatic hydroxyl groups excluding tert-OH is 1. The first kappa shape index (κ1) is 23.8. The number of β-amino-alcohol motifs (C(OH)–C–C–N with tert-alkyl or cyclic N) is 1. The third kappa shape index (κ3) is 5.68. The first-order valence-electron chi connectivity index (χ1n) is 12.9. The van der Waals surface area contributed by atoms with E-state index in [-0.39, 0.29) is 5.91 Å². The molecule has 7 heteroatoms. The molecule has 5 rings (SSSR count). The molecule has 2 aromatic rings. The normalized spacial score (nSPS) is 19.7. The minimum Gasteiger partial charge on any atom is -0.390 e. The highest BCUT2D eigenvalue weighted by molar-refractivity contribution is 5.97. The van der Waals surface area contributed by atoms with Gasteiger partial charge in [-0.3, -0.25) is 14.5 Å². The van der Waals surface area contributed by atoms with E-state index in [0.29, 0.717) is 25.6 Å². The van der Waals surface area contributed by atoms with Gasteiger partial charge in [0.25, 0.3) is 5.91 Å². The summed E-state index contributed by atoms with van der Waals surface area (Å²) in [5, 5.41) is 14.3. The molecule has 3 aliphatic rings. The Morgan fingerprint density at radius 2 is 1.74 bits per heavy atom. The van der Waals surface area contributed by atoms with Gasteiger partial charge in [-0.15, -0.1) is 0 Å². The van der Waals surface area contributed by atoms with Crippen molar-refractivity contribution in [3.63, 3.8) is 0 Å². The molecule has 3 aliphatic heterocycles. The number of nitrogens with one attached hydrogen (secondary N) is 1. The van der Waals surface area contributed by atoms with Crippen molar-refractivity contribution in [3.8, 4) is 0 Å². The van der Waals surface area contributed by atoms with E-state index in [0.717, 1.165) is 81.6 Å². The van der Waals surface area contributed by atoms with Gasteiger partial charge in [0.1, 0.15) is 0 Å². The third-order valence-corrected chi connectivity index (χ3v) is 7.78. The topological polar surface area (TPSA) is 76.1 Å². The number of aliphatic hydroxyl groups is 1. The molecule has 3 heterocycles. The van der Waals surface area contributed by atoms with Gasteiger partial charge in [-0.2, -0.15) is 0 Å². The zero-order chi connectivity index (χ0) is 24.2. The van der Waals surface area contributed by atoms with E-state index in [4.69, 9.17) is 0 Å². The van der Waals surface area contributed by atoms with Crippen LogP contribution in [0.25, 0.3) is 0 Å². The number of benzene rings is 2. The van der Waals surface area contributed by atoms with Crippen molar-refractivity contribution in [2.24, 2.45) is 5.92 Å². The van der Waals surface area contributed by atoms with Crippen LogP contribution in [0.4, 0.5) is 5.69 Å². The number of anilines is 1. The Kier molecular flexibility index (Phi) is 7.35. The molecule has 2 amide bonds. The van der Waals surface area contributed by atoms with Gasteiger partial charge in [-0.25, -0.2) is 0 Å². The van der Waals surface area contributed by atoms with Gasteiger partial charge in [-0.05, 0) is 66.5 Å². The minimum atomic E-state index is -0.558. The number of hydrogen-bond acceptors (Lipinski definition) is 5. The zero-order valence-electron chi connectivity index (χ0n) is 20.4. The molecular formula is C28H36N4O3. The monoisotopic (exact) mass is 476 g/mol. The summed E-state index contributed by atoms with van der Waals surface area (Å²) in [7, 11) is 0. The van der Waals surface area contributed by atoms with E-state index >= 15 is 0 Å². The molecule has 35 heavy (non-hydrogen) atoms. The van der Waals surface area contributed by atoms with Crippen LogP contribution in [-0.4, -0.2) is 84.0 Å². The van der Waals surface area contributed by atoms with Crippen molar-refractivity contribution in [1.29, 1.82) is 0 Å². The fourth-order valence-corrected chi connectivity index (χ4v) is 5.67. The van der Waals surface area contributed by atoms with Gasteiger partial charge >= 0.3 is 0 Å². The van der Waals surface area contributed by atoms with Crippen LogP contribution in [0.3, 0.4) is 0 Å². The molecule has 1 saturated heterocycles. The average molecular weight is 477 g/mol. The van der Waals surface area contributed by atoms with Crippen LogP contribution >= 0.6 is 0 Å². The maximum absolute atomic E-state index is 13.1. The molecule has 1 fully saturated rings. The standard InChI is InChI=1S/C28H36N4O3/c33-20-30-11-7-21(8-12-30)16-29-25-5-6-27-23(15-25)10-14-32(28(27)35)19-26(34)18-31-13-9-22-3-1-2-4-24(22)17-31/h1-6,15,20-21,26,29,34H,7-14,16-19H2. The van der Waals surface area contributed by atoms with Gasteiger partial charge in [0.05, 0.1) is 6.10 Å². The SMILES string of the molecule is O=CN1CCC(CNc2ccc3c(c2)CCN(CC(O)CN2CCc4ccccc4C2)C3=O)CC1. The largest absolute Gasteiger partial charge is 0.390 e. The number of nitrogens with zero attached hydrogens (tertiary/aromatic N) is 3. The van der Waals surface area contributed by atoms with Crippen LogP contribution < -0.4 is 5.32 Å².